The molecule has 2 fully saturated rings. The van der Waals surface area contributed by atoms with E-state index in [1.165, 1.54) is 18.6 Å². The summed E-state index contributed by atoms with van der Waals surface area (Å²) in [5, 5.41) is 16.4. The number of phenols is 1. The molecule has 2 amide bonds. The Morgan fingerprint density at radius 3 is 2.44 bits per heavy atom. The highest BCUT2D eigenvalue weighted by Crippen LogP contribution is 2.43. The van der Waals surface area contributed by atoms with E-state index in [-0.39, 0.29) is 29.6 Å². The lowest BCUT2D eigenvalue weighted by Crippen LogP contribution is -2.57. The van der Waals surface area contributed by atoms with E-state index in [4.69, 9.17) is 28.9 Å². The van der Waals surface area contributed by atoms with Crippen LogP contribution in [0.5, 0.6) is 5.75 Å². The molecule has 176 valence electrons. The minimum atomic E-state index is -4.18. The number of urea groups is 1. The number of hydrogen-bond acceptors (Lipinski definition) is 6. The Labute approximate surface area is 198 Å². The van der Waals surface area contributed by atoms with Gasteiger partial charge in [0.15, 0.2) is 5.75 Å². The van der Waals surface area contributed by atoms with Crippen LogP contribution in [-0.2, 0) is 9.84 Å². The van der Waals surface area contributed by atoms with Crippen LogP contribution in [0.1, 0.15) is 44.9 Å². The molecule has 5 N–H and O–H groups in total. The molecule has 0 bridgehead atoms. The van der Waals surface area contributed by atoms with E-state index in [0.29, 0.717) is 30.6 Å². The van der Waals surface area contributed by atoms with Crippen molar-refractivity contribution in [2.24, 2.45) is 5.73 Å². The summed E-state index contributed by atoms with van der Waals surface area (Å²) in [6, 6.07) is 2.26. The summed E-state index contributed by atoms with van der Waals surface area (Å²) in [6.45, 7) is 1.16. The topological polar surface area (TPSA) is 125 Å². The first-order valence-corrected chi connectivity index (χ1v) is 13.1. The first kappa shape index (κ1) is 23.6. The van der Waals surface area contributed by atoms with Gasteiger partial charge >= 0.3 is 6.03 Å². The molecule has 0 radical (unpaired) electrons. The molecule has 1 aromatic rings. The van der Waals surface area contributed by atoms with Crippen molar-refractivity contribution >= 4 is 44.8 Å². The van der Waals surface area contributed by atoms with Crippen LogP contribution in [0.25, 0.3) is 0 Å². The first-order valence-electron chi connectivity index (χ1n) is 10.8. The molecular formula is C21H28Cl2N4O4S. The lowest BCUT2D eigenvalue weighted by molar-refractivity contribution is 0.0912. The molecule has 11 heteroatoms. The van der Waals surface area contributed by atoms with Gasteiger partial charge in [-0.3, -0.25) is 0 Å². The fraction of sp³-hybridized carbons (Fsp3) is 0.571. The number of halogens is 2. The number of rotatable bonds is 5. The number of phenolic OH excluding ortho intramolecular Hbond substituents is 1. The minimum absolute atomic E-state index is 0.0703. The molecule has 32 heavy (non-hydrogen) atoms. The molecule has 1 saturated heterocycles. The average molecular weight is 503 g/mol. The van der Waals surface area contributed by atoms with Crippen molar-refractivity contribution in [2.75, 3.05) is 18.4 Å². The van der Waals surface area contributed by atoms with Crippen molar-refractivity contribution in [3.05, 3.63) is 28.3 Å². The number of likely N-dealkylation sites (tertiary alicyclic amines) is 1. The van der Waals surface area contributed by atoms with Gasteiger partial charge in [0.05, 0.1) is 16.8 Å². The summed E-state index contributed by atoms with van der Waals surface area (Å²) in [6.07, 6.45) is 7.21. The van der Waals surface area contributed by atoms with Gasteiger partial charge in [0.2, 0.25) is 9.84 Å². The van der Waals surface area contributed by atoms with Crippen LogP contribution in [0.4, 0.5) is 10.5 Å². The largest absolute Gasteiger partial charge is 0.504 e. The van der Waals surface area contributed by atoms with Crippen LogP contribution < -0.4 is 16.4 Å². The number of nitrogens with zero attached hydrogens (tertiary/aromatic N) is 1. The SMILES string of the molecule is NC1(S(=O)(=O)c2c(Cl)ccc(NC(=O)NC3CCC=C3Cl)c2O)CCN(C2CCC2)CC1. The van der Waals surface area contributed by atoms with E-state index in [1.54, 1.807) is 0 Å². The predicted molar refractivity (Wildman–Crippen MR) is 125 cm³/mol. The minimum Gasteiger partial charge on any atom is -0.504 e. The summed E-state index contributed by atoms with van der Waals surface area (Å²) in [4.78, 5) is 12.7. The second-order valence-electron chi connectivity index (χ2n) is 8.78. The van der Waals surface area contributed by atoms with Crippen LogP contribution in [0, 0.1) is 0 Å². The van der Waals surface area contributed by atoms with Crippen molar-refractivity contribution < 1.29 is 18.3 Å². The van der Waals surface area contributed by atoms with Gasteiger partial charge in [-0.1, -0.05) is 35.7 Å². The third-order valence-corrected chi connectivity index (χ3v) is 10.1. The third-order valence-electron chi connectivity index (χ3n) is 6.80. The number of hydrogen-bond donors (Lipinski definition) is 4. The molecule has 1 aromatic carbocycles. The van der Waals surface area contributed by atoms with Gasteiger partial charge in [0.1, 0.15) is 9.77 Å². The Bertz CT molecular complexity index is 1030. The molecule has 0 spiro atoms. The zero-order chi connectivity index (χ0) is 23.1. The van der Waals surface area contributed by atoms with Gasteiger partial charge in [0.25, 0.3) is 0 Å². The van der Waals surface area contributed by atoms with Gasteiger partial charge in [-0.2, -0.15) is 0 Å². The number of aromatic hydroxyl groups is 1. The van der Waals surface area contributed by atoms with Crippen molar-refractivity contribution in [3.63, 3.8) is 0 Å². The van der Waals surface area contributed by atoms with Crippen molar-refractivity contribution in [1.29, 1.82) is 0 Å². The molecule has 4 rings (SSSR count). The van der Waals surface area contributed by atoms with E-state index in [1.807, 2.05) is 6.08 Å². The molecule has 1 heterocycles. The Morgan fingerprint density at radius 2 is 1.88 bits per heavy atom. The number of nitrogens with two attached hydrogens (primary N) is 1. The molecule has 1 atom stereocenters. The Balaban J connectivity index is 1.53. The lowest BCUT2D eigenvalue weighted by Gasteiger charge is -2.44. The van der Waals surface area contributed by atoms with E-state index < -0.39 is 31.4 Å². The van der Waals surface area contributed by atoms with Gasteiger partial charge in [0, 0.05) is 24.2 Å². The molecule has 2 aliphatic carbocycles. The van der Waals surface area contributed by atoms with E-state index in [2.05, 4.69) is 15.5 Å². The van der Waals surface area contributed by atoms with E-state index in [0.717, 1.165) is 19.3 Å². The smallest absolute Gasteiger partial charge is 0.319 e. The maximum absolute atomic E-state index is 13.5. The predicted octanol–water partition coefficient (Wildman–Crippen LogP) is 3.53. The third kappa shape index (κ3) is 4.33. The number of benzene rings is 1. The monoisotopic (exact) mass is 502 g/mol. The van der Waals surface area contributed by atoms with E-state index >= 15 is 0 Å². The van der Waals surface area contributed by atoms with Crippen molar-refractivity contribution in [2.45, 2.75) is 66.8 Å². The maximum atomic E-state index is 13.5. The number of carbonyl (C=O) groups excluding carboxylic acids is 1. The molecular weight excluding hydrogens is 475 g/mol. The second-order valence-corrected chi connectivity index (χ2v) is 11.9. The number of carbonyl (C=O) groups is 1. The summed E-state index contributed by atoms with van der Waals surface area (Å²) in [7, 11) is -4.18. The molecule has 0 aromatic heterocycles. The summed E-state index contributed by atoms with van der Waals surface area (Å²) in [5.41, 5.74) is 6.33. The summed E-state index contributed by atoms with van der Waals surface area (Å²) in [5.74, 6) is -0.619. The van der Waals surface area contributed by atoms with Gasteiger partial charge in [-0.15, -0.1) is 0 Å². The Kier molecular flexibility index (Phi) is 6.66. The number of allylic oxidation sites excluding steroid dienone is 1. The van der Waals surface area contributed by atoms with Crippen LogP contribution in [0.2, 0.25) is 5.02 Å². The lowest BCUT2D eigenvalue weighted by atomic mass is 9.89. The van der Waals surface area contributed by atoms with Crippen LogP contribution in [-0.4, -0.2) is 54.5 Å². The van der Waals surface area contributed by atoms with E-state index in [9.17, 15) is 18.3 Å². The van der Waals surface area contributed by atoms with Crippen LogP contribution in [0.3, 0.4) is 0 Å². The highest BCUT2D eigenvalue weighted by atomic mass is 35.5. The number of nitrogens with one attached hydrogen (secondary N) is 2. The normalized spacial score (nSPS) is 24.0. The van der Waals surface area contributed by atoms with Crippen LogP contribution in [0.15, 0.2) is 28.1 Å². The zero-order valence-corrected chi connectivity index (χ0v) is 19.9. The quantitative estimate of drug-likeness (QED) is 0.456. The Morgan fingerprint density at radius 1 is 1.19 bits per heavy atom. The number of anilines is 1. The first-order chi connectivity index (χ1) is 15.1. The summed E-state index contributed by atoms with van der Waals surface area (Å²) < 4.78 is 27.1. The molecule has 8 nitrogen and oxygen atoms in total. The number of amides is 2. The second kappa shape index (κ2) is 9.02. The highest BCUT2D eigenvalue weighted by molar-refractivity contribution is 7.93. The zero-order valence-electron chi connectivity index (χ0n) is 17.6. The van der Waals surface area contributed by atoms with Gasteiger partial charge in [-0.05, 0) is 50.7 Å². The fourth-order valence-corrected chi connectivity index (χ4v) is 7.07. The van der Waals surface area contributed by atoms with Crippen LogP contribution >= 0.6 is 23.2 Å². The standard InChI is InChI=1S/C21H28Cl2N4O4S/c22-14-5-2-6-16(14)25-20(29)26-17-8-7-15(23)19(18(17)28)32(30,31)21(24)9-11-27(12-10-21)13-3-1-4-13/h5,7-8,13,16,28H,1-4,6,9-12,24H2,(H2,25,26,29). The highest BCUT2D eigenvalue weighted by Gasteiger charge is 2.47. The van der Waals surface area contributed by atoms with Gasteiger partial charge in [-0.25, -0.2) is 13.2 Å². The summed E-state index contributed by atoms with van der Waals surface area (Å²) >= 11 is 12.3. The fourth-order valence-electron chi connectivity index (χ4n) is 4.52. The maximum Gasteiger partial charge on any atom is 0.319 e. The molecule has 1 unspecified atom stereocenters. The van der Waals surface area contributed by atoms with Gasteiger partial charge < -0.3 is 26.4 Å². The average Bonchev–Trinajstić information content (AvgIpc) is 3.09. The van der Waals surface area contributed by atoms with Crippen molar-refractivity contribution in [1.82, 2.24) is 10.2 Å². The molecule has 1 aliphatic heterocycles. The molecule has 3 aliphatic rings. The molecule has 1 saturated carbocycles. The Hall–Kier alpha value is -1.52. The number of sulfone groups is 1. The van der Waals surface area contributed by atoms with Crippen molar-refractivity contribution in [3.8, 4) is 5.75 Å². The number of piperidine rings is 1.